The number of ether oxygens (including phenoxy) is 2. The molecule has 1 aromatic rings. The number of carbonyl (C=O) groups is 1. The first-order chi connectivity index (χ1) is 11.1. The average molecular weight is 319 g/mol. The molecule has 0 fully saturated rings. The van der Waals surface area contributed by atoms with Gasteiger partial charge in [-0.3, -0.25) is 4.79 Å². The third-order valence-electron chi connectivity index (χ3n) is 3.89. The first-order valence-corrected chi connectivity index (χ1v) is 7.87. The Bertz CT molecular complexity index is 560. The molecule has 0 saturated carbocycles. The van der Waals surface area contributed by atoms with Crippen LogP contribution < -0.4 is 10.1 Å². The minimum absolute atomic E-state index is 0.00299. The van der Waals surface area contributed by atoms with E-state index >= 15 is 0 Å². The Hall–Kier alpha value is -1.92. The van der Waals surface area contributed by atoms with Gasteiger partial charge in [-0.1, -0.05) is 6.08 Å². The molecule has 126 valence electrons. The smallest absolute Gasteiger partial charge is 0.257 e. The number of pyridine rings is 1. The van der Waals surface area contributed by atoms with Crippen LogP contribution in [-0.2, 0) is 4.74 Å². The SMILES string of the molecule is COCCOc1ncccc1C(=O)N[C@@H](C)C1=CCN(C)CC1. The first-order valence-electron chi connectivity index (χ1n) is 7.87. The molecule has 0 aliphatic carbocycles. The summed E-state index contributed by atoms with van der Waals surface area (Å²) in [5, 5.41) is 3.03. The molecule has 0 spiro atoms. The molecule has 1 amide bonds. The number of carbonyl (C=O) groups excluding carboxylic acids is 1. The van der Waals surface area contributed by atoms with E-state index in [9.17, 15) is 4.79 Å². The molecule has 1 N–H and O–H groups in total. The third-order valence-corrected chi connectivity index (χ3v) is 3.89. The molecule has 1 aromatic heterocycles. The topological polar surface area (TPSA) is 63.7 Å². The monoisotopic (exact) mass is 319 g/mol. The van der Waals surface area contributed by atoms with E-state index in [1.165, 1.54) is 5.57 Å². The lowest BCUT2D eigenvalue weighted by Crippen LogP contribution is -2.37. The molecule has 2 rings (SSSR count). The summed E-state index contributed by atoms with van der Waals surface area (Å²) in [6.45, 7) is 4.77. The van der Waals surface area contributed by atoms with E-state index in [4.69, 9.17) is 9.47 Å². The Balaban J connectivity index is 2.00. The Morgan fingerprint density at radius 2 is 2.30 bits per heavy atom. The largest absolute Gasteiger partial charge is 0.475 e. The average Bonchev–Trinajstić information content (AvgIpc) is 2.56. The third kappa shape index (κ3) is 5.04. The summed E-state index contributed by atoms with van der Waals surface area (Å²) in [5.74, 6) is 0.171. The van der Waals surface area contributed by atoms with Gasteiger partial charge in [-0.25, -0.2) is 4.98 Å². The van der Waals surface area contributed by atoms with Crippen molar-refractivity contribution >= 4 is 5.91 Å². The Kier molecular flexibility index (Phi) is 6.55. The van der Waals surface area contributed by atoms with Gasteiger partial charge in [-0.2, -0.15) is 0 Å². The minimum Gasteiger partial charge on any atom is -0.475 e. The Morgan fingerprint density at radius 1 is 1.48 bits per heavy atom. The molecule has 0 radical (unpaired) electrons. The van der Waals surface area contributed by atoms with E-state index in [0.29, 0.717) is 24.7 Å². The number of methoxy groups -OCH3 is 1. The molecule has 23 heavy (non-hydrogen) atoms. The lowest BCUT2D eigenvalue weighted by molar-refractivity contribution is 0.0934. The van der Waals surface area contributed by atoms with Crippen LogP contribution in [0.5, 0.6) is 5.88 Å². The highest BCUT2D eigenvalue weighted by atomic mass is 16.5. The molecule has 1 aliphatic rings. The van der Waals surface area contributed by atoms with Gasteiger partial charge < -0.3 is 19.7 Å². The summed E-state index contributed by atoms with van der Waals surface area (Å²) in [6.07, 6.45) is 4.78. The van der Waals surface area contributed by atoms with Gasteiger partial charge in [0.1, 0.15) is 12.2 Å². The van der Waals surface area contributed by atoms with Crippen molar-refractivity contribution in [3.8, 4) is 5.88 Å². The van der Waals surface area contributed by atoms with Crippen LogP contribution in [0.15, 0.2) is 30.0 Å². The van der Waals surface area contributed by atoms with Gasteiger partial charge in [0, 0.05) is 32.4 Å². The van der Waals surface area contributed by atoms with Crippen LogP contribution in [-0.4, -0.2) is 62.3 Å². The van der Waals surface area contributed by atoms with Crippen LogP contribution >= 0.6 is 0 Å². The van der Waals surface area contributed by atoms with Crippen molar-refractivity contribution in [3.05, 3.63) is 35.5 Å². The number of rotatable bonds is 7. The van der Waals surface area contributed by atoms with E-state index < -0.39 is 0 Å². The number of nitrogens with zero attached hydrogens (tertiary/aromatic N) is 2. The second-order valence-corrected chi connectivity index (χ2v) is 5.68. The molecule has 6 nitrogen and oxygen atoms in total. The van der Waals surface area contributed by atoms with Crippen molar-refractivity contribution in [2.75, 3.05) is 40.5 Å². The van der Waals surface area contributed by atoms with Gasteiger partial charge >= 0.3 is 0 Å². The fraction of sp³-hybridized carbons (Fsp3) is 0.529. The Labute approximate surface area is 137 Å². The van der Waals surface area contributed by atoms with Crippen LogP contribution in [0.25, 0.3) is 0 Å². The van der Waals surface area contributed by atoms with Crippen LogP contribution in [0.3, 0.4) is 0 Å². The fourth-order valence-corrected chi connectivity index (χ4v) is 2.45. The van der Waals surface area contributed by atoms with Crippen LogP contribution in [0.2, 0.25) is 0 Å². The maximum absolute atomic E-state index is 12.5. The van der Waals surface area contributed by atoms with Crippen LogP contribution in [0.1, 0.15) is 23.7 Å². The summed E-state index contributed by atoms with van der Waals surface area (Å²) in [4.78, 5) is 18.9. The number of likely N-dealkylation sites (N-methyl/N-ethyl adjacent to an activating group) is 1. The number of hydrogen-bond donors (Lipinski definition) is 1. The minimum atomic E-state index is -0.169. The zero-order chi connectivity index (χ0) is 16.7. The standard InChI is InChI=1S/C17H25N3O3/c1-13(14-6-9-20(2)10-7-14)19-16(21)15-5-4-8-18-17(15)23-12-11-22-3/h4-6,8,13H,7,9-12H2,1-3H3,(H,19,21)/t13-/m0/s1. The molecule has 1 atom stereocenters. The number of hydrogen-bond acceptors (Lipinski definition) is 5. The van der Waals surface area contributed by atoms with Gasteiger partial charge in [-0.15, -0.1) is 0 Å². The molecule has 0 saturated heterocycles. The fourth-order valence-electron chi connectivity index (χ4n) is 2.45. The van der Waals surface area contributed by atoms with Gasteiger partial charge in [-0.05, 0) is 38.1 Å². The van der Waals surface area contributed by atoms with Crippen molar-refractivity contribution < 1.29 is 14.3 Å². The van der Waals surface area contributed by atoms with E-state index in [0.717, 1.165) is 19.5 Å². The molecule has 6 heteroatoms. The quantitative estimate of drug-likeness (QED) is 0.609. The highest BCUT2D eigenvalue weighted by Gasteiger charge is 2.19. The van der Waals surface area contributed by atoms with Gasteiger partial charge in [0.2, 0.25) is 5.88 Å². The summed E-state index contributed by atoms with van der Waals surface area (Å²) in [6, 6.07) is 3.46. The van der Waals surface area contributed by atoms with Crippen molar-refractivity contribution in [2.24, 2.45) is 0 Å². The van der Waals surface area contributed by atoms with Crippen molar-refractivity contribution in [1.82, 2.24) is 15.2 Å². The molecular formula is C17H25N3O3. The van der Waals surface area contributed by atoms with Crippen LogP contribution in [0, 0.1) is 0 Å². The highest BCUT2D eigenvalue weighted by Crippen LogP contribution is 2.17. The lowest BCUT2D eigenvalue weighted by atomic mass is 10.0. The second-order valence-electron chi connectivity index (χ2n) is 5.68. The normalized spacial score (nSPS) is 16.6. The molecule has 0 bridgehead atoms. The zero-order valence-corrected chi connectivity index (χ0v) is 14.0. The van der Waals surface area contributed by atoms with E-state index in [1.54, 1.807) is 25.4 Å². The predicted octanol–water partition coefficient (Wildman–Crippen LogP) is 1.49. The number of aromatic nitrogens is 1. The van der Waals surface area contributed by atoms with Gasteiger partial charge in [0.15, 0.2) is 0 Å². The lowest BCUT2D eigenvalue weighted by Gasteiger charge is -2.26. The summed E-state index contributed by atoms with van der Waals surface area (Å²) >= 11 is 0. The Morgan fingerprint density at radius 3 is 3.00 bits per heavy atom. The van der Waals surface area contributed by atoms with Crippen molar-refractivity contribution in [1.29, 1.82) is 0 Å². The molecule has 2 heterocycles. The molecule has 0 aromatic carbocycles. The van der Waals surface area contributed by atoms with E-state index in [-0.39, 0.29) is 11.9 Å². The molecular weight excluding hydrogens is 294 g/mol. The van der Waals surface area contributed by atoms with Crippen LogP contribution in [0.4, 0.5) is 0 Å². The van der Waals surface area contributed by atoms with E-state index in [2.05, 4.69) is 28.3 Å². The second kappa shape index (κ2) is 8.64. The van der Waals surface area contributed by atoms with Crippen molar-refractivity contribution in [2.45, 2.75) is 19.4 Å². The zero-order valence-electron chi connectivity index (χ0n) is 14.0. The van der Waals surface area contributed by atoms with Gasteiger partial charge in [0.05, 0.1) is 6.61 Å². The van der Waals surface area contributed by atoms with Crippen molar-refractivity contribution in [3.63, 3.8) is 0 Å². The summed E-state index contributed by atoms with van der Waals surface area (Å²) in [7, 11) is 3.70. The number of amides is 1. The summed E-state index contributed by atoms with van der Waals surface area (Å²) in [5.41, 5.74) is 1.71. The summed E-state index contributed by atoms with van der Waals surface area (Å²) < 4.78 is 10.5. The highest BCUT2D eigenvalue weighted by molar-refractivity contribution is 5.96. The molecule has 0 unspecified atom stereocenters. The molecule has 1 aliphatic heterocycles. The van der Waals surface area contributed by atoms with Gasteiger partial charge in [0.25, 0.3) is 5.91 Å². The maximum Gasteiger partial charge on any atom is 0.257 e. The van der Waals surface area contributed by atoms with E-state index in [1.807, 2.05) is 6.92 Å². The predicted molar refractivity (Wildman–Crippen MR) is 88.7 cm³/mol. The first kappa shape index (κ1) is 17.4. The number of nitrogens with one attached hydrogen (secondary N) is 1. The maximum atomic E-state index is 12.5.